The van der Waals surface area contributed by atoms with Crippen LogP contribution in [-0.2, 0) is 4.79 Å². The minimum absolute atomic E-state index is 0.0238. The van der Waals surface area contributed by atoms with Gasteiger partial charge in [-0.15, -0.1) is 0 Å². The van der Waals surface area contributed by atoms with Gasteiger partial charge in [0.05, 0.1) is 0 Å². The fourth-order valence-electron chi connectivity index (χ4n) is 2.65. The quantitative estimate of drug-likeness (QED) is 0.564. The second-order valence-electron chi connectivity index (χ2n) is 6.17. The van der Waals surface area contributed by atoms with Crippen LogP contribution in [0.3, 0.4) is 0 Å². The highest BCUT2D eigenvalue weighted by atomic mass is 16.2. The van der Waals surface area contributed by atoms with Crippen molar-refractivity contribution >= 4 is 11.9 Å². The van der Waals surface area contributed by atoms with Crippen LogP contribution in [0.1, 0.15) is 32.6 Å². The number of guanidine groups is 1. The molecule has 2 N–H and O–H groups in total. The average molecular weight is 295 g/mol. The molecule has 1 aliphatic carbocycles. The number of piperidine rings is 1. The summed E-state index contributed by atoms with van der Waals surface area (Å²) in [6.07, 6.45) is 5.08. The first-order chi connectivity index (χ1) is 10.1. The molecule has 2 aliphatic rings. The van der Waals surface area contributed by atoms with E-state index in [1.165, 1.54) is 25.9 Å². The maximum Gasteiger partial charge on any atom is 0.243 e. The summed E-state index contributed by atoms with van der Waals surface area (Å²) in [4.78, 5) is 20.2. The Labute approximate surface area is 128 Å². The Bertz CT molecular complexity index is 370. The summed E-state index contributed by atoms with van der Waals surface area (Å²) >= 11 is 0. The van der Waals surface area contributed by atoms with Crippen LogP contribution < -0.4 is 10.6 Å². The van der Waals surface area contributed by atoms with Crippen LogP contribution >= 0.6 is 0 Å². The predicted octanol–water partition coefficient (Wildman–Crippen LogP) is 0.257. The molecule has 0 bridgehead atoms. The Kier molecular flexibility index (Phi) is 5.85. The Morgan fingerprint density at radius 1 is 1.24 bits per heavy atom. The fraction of sp³-hybridized carbons (Fsp3) is 0.867. The molecule has 0 unspecified atom stereocenters. The fourth-order valence-corrected chi connectivity index (χ4v) is 2.65. The number of aliphatic imine (C=N–C) groups is 1. The number of rotatable bonds is 5. The number of nitrogens with one attached hydrogen (secondary N) is 2. The zero-order chi connectivity index (χ0) is 15.2. The van der Waals surface area contributed by atoms with Gasteiger partial charge in [0.15, 0.2) is 5.96 Å². The number of hydrogen-bond donors (Lipinski definition) is 2. The Hall–Kier alpha value is -1.30. The lowest BCUT2D eigenvalue weighted by molar-refractivity contribution is -0.127. The number of likely N-dealkylation sites (tertiary alicyclic amines) is 1. The summed E-state index contributed by atoms with van der Waals surface area (Å²) in [7, 11) is 3.51. The van der Waals surface area contributed by atoms with E-state index >= 15 is 0 Å². The molecule has 1 saturated carbocycles. The van der Waals surface area contributed by atoms with Gasteiger partial charge in [0.25, 0.3) is 0 Å². The lowest BCUT2D eigenvalue weighted by Gasteiger charge is -2.33. The van der Waals surface area contributed by atoms with Crippen LogP contribution in [-0.4, -0.2) is 74.0 Å². The molecule has 0 radical (unpaired) electrons. The second-order valence-corrected chi connectivity index (χ2v) is 6.17. The van der Waals surface area contributed by atoms with Gasteiger partial charge in [0.2, 0.25) is 5.91 Å². The molecule has 0 atom stereocenters. The van der Waals surface area contributed by atoms with E-state index in [2.05, 4.69) is 20.5 Å². The van der Waals surface area contributed by atoms with Crippen molar-refractivity contribution in [2.75, 3.05) is 40.3 Å². The maximum absolute atomic E-state index is 11.6. The lowest BCUT2D eigenvalue weighted by atomic mass is 10.1. The molecular weight excluding hydrogens is 266 g/mol. The first-order valence-corrected chi connectivity index (χ1v) is 8.09. The Morgan fingerprint density at radius 2 is 1.90 bits per heavy atom. The van der Waals surface area contributed by atoms with Gasteiger partial charge in [-0.25, -0.2) is 4.99 Å². The molecule has 6 nitrogen and oxygen atoms in total. The minimum Gasteiger partial charge on any atom is -0.357 e. The van der Waals surface area contributed by atoms with Gasteiger partial charge >= 0.3 is 0 Å². The van der Waals surface area contributed by atoms with Crippen LogP contribution in [0.5, 0.6) is 0 Å². The molecular formula is C15H29N5O. The molecule has 0 spiro atoms. The van der Waals surface area contributed by atoms with E-state index in [-0.39, 0.29) is 12.5 Å². The first kappa shape index (κ1) is 16.1. The third-order valence-electron chi connectivity index (χ3n) is 4.15. The van der Waals surface area contributed by atoms with Crippen molar-refractivity contribution in [2.24, 2.45) is 4.99 Å². The highest BCUT2D eigenvalue weighted by Gasteiger charge is 2.31. The number of nitrogens with zero attached hydrogens (tertiary/aromatic N) is 3. The molecule has 0 aromatic heterocycles. The molecule has 1 saturated heterocycles. The Balaban J connectivity index is 1.78. The van der Waals surface area contributed by atoms with Gasteiger partial charge in [-0.3, -0.25) is 4.79 Å². The summed E-state index contributed by atoms with van der Waals surface area (Å²) in [5.74, 6) is 0.785. The molecule has 2 fully saturated rings. The molecule has 2 rings (SSSR count). The molecule has 120 valence electrons. The van der Waals surface area contributed by atoms with Crippen LogP contribution in [0.15, 0.2) is 4.99 Å². The van der Waals surface area contributed by atoms with Gasteiger partial charge < -0.3 is 20.4 Å². The number of hydrogen-bond acceptors (Lipinski definition) is 3. The molecule has 1 amide bonds. The Morgan fingerprint density at radius 3 is 2.43 bits per heavy atom. The van der Waals surface area contributed by atoms with E-state index in [0.717, 1.165) is 31.4 Å². The van der Waals surface area contributed by atoms with Crippen LogP contribution in [0.25, 0.3) is 0 Å². The third kappa shape index (κ3) is 5.19. The standard InChI is InChI=1S/C15H29N5O/c1-4-16-15(17-11-14(21)19(2)3)18-12-7-9-20(10-8-12)13-5-6-13/h12-13H,4-11H2,1-3H3,(H2,16,17,18). The van der Waals surface area contributed by atoms with Crippen molar-refractivity contribution in [2.45, 2.75) is 44.7 Å². The largest absolute Gasteiger partial charge is 0.357 e. The van der Waals surface area contributed by atoms with Crippen molar-refractivity contribution in [3.8, 4) is 0 Å². The topological polar surface area (TPSA) is 60.0 Å². The van der Waals surface area contributed by atoms with E-state index in [1.807, 2.05) is 6.92 Å². The highest BCUT2D eigenvalue weighted by molar-refractivity contribution is 5.84. The summed E-state index contributed by atoms with van der Waals surface area (Å²) in [5, 5.41) is 6.70. The summed E-state index contributed by atoms with van der Waals surface area (Å²) in [5.41, 5.74) is 0. The second kappa shape index (κ2) is 7.64. The normalized spacial score (nSPS) is 21.2. The first-order valence-electron chi connectivity index (χ1n) is 8.09. The number of carbonyl (C=O) groups is 1. The van der Waals surface area contributed by atoms with E-state index in [9.17, 15) is 4.79 Å². The lowest BCUT2D eigenvalue weighted by Crippen LogP contribution is -2.49. The molecule has 1 heterocycles. The van der Waals surface area contributed by atoms with Crippen molar-refractivity contribution in [1.29, 1.82) is 0 Å². The zero-order valence-electron chi connectivity index (χ0n) is 13.6. The van der Waals surface area contributed by atoms with E-state index in [0.29, 0.717) is 6.04 Å². The number of likely N-dealkylation sites (N-methyl/N-ethyl adjacent to an activating group) is 1. The summed E-state index contributed by atoms with van der Waals surface area (Å²) < 4.78 is 0. The van der Waals surface area contributed by atoms with Crippen molar-refractivity contribution < 1.29 is 4.79 Å². The zero-order valence-corrected chi connectivity index (χ0v) is 13.6. The van der Waals surface area contributed by atoms with Crippen LogP contribution in [0.2, 0.25) is 0 Å². The predicted molar refractivity (Wildman–Crippen MR) is 85.4 cm³/mol. The monoisotopic (exact) mass is 295 g/mol. The van der Waals surface area contributed by atoms with Crippen LogP contribution in [0.4, 0.5) is 0 Å². The number of carbonyl (C=O) groups excluding carboxylic acids is 1. The van der Waals surface area contributed by atoms with Gasteiger partial charge in [-0.05, 0) is 32.6 Å². The van der Waals surface area contributed by atoms with E-state index < -0.39 is 0 Å². The summed E-state index contributed by atoms with van der Waals surface area (Å²) in [6.45, 7) is 5.41. The smallest absolute Gasteiger partial charge is 0.243 e. The van der Waals surface area contributed by atoms with Crippen LogP contribution in [0, 0.1) is 0 Å². The van der Waals surface area contributed by atoms with Gasteiger partial charge in [-0.1, -0.05) is 0 Å². The van der Waals surface area contributed by atoms with Gasteiger partial charge in [0, 0.05) is 45.8 Å². The molecule has 6 heteroatoms. The minimum atomic E-state index is 0.0238. The SMILES string of the molecule is CCNC(=NCC(=O)N(C)C)NC1CCN(C2CC2)CC1. The highest BCUT2D eigenvalue weighted by Crippen LogP contribution is 2.29. The molecule has 21 heavy (non-hydrogen) atoms. The van der Waals surface area contributed by atoms with Gasteiger partial charge in [-0.2, -0.15) is 0 Å². The molecule has 0 aromatic rings. The average Bonchev–Trinajstić information content (AvgIpc) is 3.30. The third-order valence-corrected chi connectivity index (χ3v) is 4.15. The molecule has 1 aliphatic heterocycles. The molecule has 0 aromatic carbocycles. The maximum atomic E-state index is 11.6. The van der Waals surface area contributed by atoms with Gasteiger partial charge in [0.1, 0.15) is 6.54 Å². The van der Waals surface area contributed by atoms with Crippen molar-refractivity contribution in [3.05, 3.63) is 0 Å². The van der Waals surface area contributed by atoms with E-state index in [4.69, 9.17) is 0 Å². The van der Waals surface area contributed by atoms with E-state index in [1.54, 1.807) is 19.0 Å². The van der Waals surface area contributed by atoms with Crippen molar-refractivity contribution in [1.82, 2.24) is 20.4 Å². The summed E-state index contributed by atoms with van der Waals surface area (Å²) in [6, 6.07) is 1.33. The van der Waals surface area contributed by atoms with Crippen molar-refractivity contribution in [3.63, 3.8) is 0 Å². The number of amides is 1.